The summed E-state index contributed by atoms with van der Waals surface area (Å²) in [7, 11) is 0. The number of fused-ring (bicyclic) bond motifs is 2. The molecule has 2 aliphatic rings. The van der Waals surface area contributed by atoms with E-state index in [0.29, 0.717) is 35.3 Å². The molecule has 0 bridgehead atoms. The van der Waals surface area contributed by atoms with E-state index in [2.05, 4.69) is 17.6 Å². The molecule has 31 heavy (non-hydrogen) atoms. The van der Waals surface area contributed by atoms with E-state index in [1.165, 1.54) is 12.1 Å². The molecule has 0 spiro atoms. The zero-order valence-corrected chi connectivity index (χ0v) is 17.4. The largest absolute Gasteiger partial charge is 0.366 e. The maximum atomic E-state index is 15.4. The van der Waals surface area contributed by atoms with Gasteiger partial charge in [-0.3, -0.25) is 9.59 Å². The smallest absolute Gasteiger partial charge is 0.250 e. The first kappa shape index (κ1) is 19.5. The summed E-state index contributed by atoms with van der Waals surface area (Å²) >= 11 is 0. The monoisotopic (exact) mass is 417 g/mol. The second-order valence-corrected chi connectivity index (χ2v) is 8.53. The molecule has 1 saturated carbocycles. The van der Waals surface area contributed by atoms with Crippen molar-refractivity contribution in [3.8, 4) is 11.1 Å². The van der Waals surface area contributed by atoms with Crippen LogP contribution in [0.4, 0.5) is 4.39 Å². The molecule has 3 aromatic rings. The Labute approximate surface area is 179 Å². The van der Waals surface area contributed by atoms with Crippen LogP contribution in [-0.4, -0.2) is 28.2 Å². The summed E-state index contributed by atoms with van der Waals surface area (Å²) in [6.45, 7) is 6.11. The van der Waals surface area contributed by atoms with Crippen molar-refractivity contribution in [2.75, 3.05) is 6.54 Å². The van der Waals surface area contributed by atoms with Gasteiger partial charge in [0.15, 0.2) is 0 Å². The minimum absolute atomic E-state index is 0.00870. The van der Waals surface area contributed by atoms with Crippen LogP contribution >= 0.6 is 0 Å². The Hall–Kier alpha value is -3.41. The van der Waals surface area contributed by atoms with Gasteiger partial charge in [-0.05, 0) is 67.0 Å². The minimum Gasteiger partial charge on any atom is -0.366 e. The van der Waals surface area contributed by atoms with Crippen molar-refractivity contribution < 1.29 is 14.0 Å². The van der Waals surface area contributed by atoms with Gasteiger partial charge >= 0.3 is 0 Å². The minimum atomic E-state index is -0.667. The third-order valence-corrected chi connectivity index (χ3v) is 6.53. The van der Waals surface area contributed by atoms with E-state index in [4.69, 9.17) is 5.73 Å². The highest BCUT2D eigenvalue weighted by Crippen LogP contribution is 2.49. The molecule has 2 heterocycles. The lowest BCUT2D eigenvalue weighted by atomic mass is 9.83. The lowest BCUT2D eigenvalue weighted by molar-refractivity contribution is -0.129. The summed E-state index contributed by atoms with van der Waals surface area (Å²) in [4.78, 5) is 29.5. The van der Waals surface area contributed by atoms with E-state index in [1.54, 1.807) is 0 Å². The van der Waals surface area contributed by atoms with Crippen molar-refractivity contribution in [2.24, 2.45) is 11.7 Å². The first-order valence-corrected chi connectivity index (χ1v) is 10.6. The van der Waals surface area contributed by atoms with Gasteiger partial charge in [0.2, 0.25) is 5.91 Å². The number of hydrogen-bond acceptors (Lipinski definition) is 2. The molecule has 5 rings (SSSR count). The Morgan fingerprint density at radius 2 is 2.06 bits per heavy atom. The number of aryl methyl sites for hydroxylation is 1. The Kier molecular flexibility index (Phi) is 4.46. The number of aromatic nitrogens is 1. The average Bonchev–Trinajstić information content (AvgIpc) is 3.52. The van der Waals surface area contributed by atoms with E-state index in [9.17, 15) is 9.59 Å². The van der Waals surface area contributed by atoms with Crippen LogP contribution in [0, 0.1) is 18.7 Å². The van der Waals surface area contributed by atoms with Gasteiger partial charge in [0.1, 0.15) is 5.82 Å². The maximum Gasteiger partial charge on any atom is 0.250 e. The van der Waals surface area contributed by atoms with E-state index >= 15 is 4.39 Å². The predicted octanol–water partition coefficient (Wildman–Crippen LogP) is 4.40. The van der Waals surface area contributed by atoms with Crippen molar-refractivity contribution in [3.05, 3.63) is 71.2 Å². The molecule has 6 heteroatoms. The van der Waals surface area contributed by atoms with Gasteiger partial charge in [-0.25, -0.2) is 4.39 Å². The second kappa shape index (κ2) is 7.08. The SMILES string of the molecule is C=CC(=O)N1CCc2c(-c3c(F)cc(C(N)=O)c4[nH]c(C)cc34)cccc2C1C1CC1. The van der Waals surface area contributed by atoms with Crippen molar-refractivity contribution in [3.63, 3.8) is 0 Å². The van der Waals surface area contributed by atoms with Gasteiger partial charge in [-0.15, -0.1) is 0 Å². The molecule has 2 amide bonds. The molecule has 1 aliphatic carbocycles. The fourth-order valence-corrected chi connectivity index (χ4v) is 5.09. The van der Waals surface area contributed by atoms with Gasteiger partial charge in [0, 0.05) is 23.2 Å². The third-order valence-electron chi connectivity index (χ3n) is 6.53. The first-order chi connectivity index (χ1) is 14.9. The van der Waals surface area contributed by atoms with Crippen LogP contribution in [0.1, 0.15) is 46.1 Å². The van der Waals surface area contributed by atoms with Crippen molar-refractivity contribution in [2.45, 2.75) is 32.2 Å². The molecule has 0 saturated heterocycles. The molecule has 5 nitrogen and oxygen atoms in total. The summed E-state index contributed by atoms with van der Waals surface area (Å²) in [6.07, 6.45) is 4.17. The molecule has 158 valence electrons. The van der Waals surface area contributed by atoms with Crippen LogP contribution in [0.5, 0.6) is 0 Å². The fourth-order valence-electron chi connectivity index (χ4n) is 5.09. The zero-order valence-electron chi connectivity index (χ0n) is 17.4. The summed E-state index contributed by atoms with van der Waals surface area (Å²) in [6, 6.07) is 8.99. The number of nitrogens with two attached hydrogens (primary N) is 1. The molecular weight excluding hydrogens is 393 g/mol. The number of aromatic amines is 1. The Morgan fingerprint density at radius 3 is 2.74 bits per heavy atom. The van der Waals surface area contributed by atoms with Crippen LogP contribution < -0.4 is 5.73 Å². The first-order valence-electron chi connectivity index (χ1n) is 10.6. The van der Waals surface area contributed by atoms with Gasteiger partial charge in [0.05, 0.1) is 17.1 Å². The highest BCUT2D eigenvalue weighted by atomic mass is 19.1. The maximum absolute atomic E-state index is 15.4. The Balaban J connectivity index is 1.74. The quantitative estimate of drug-likeness (QED) is 0.617. The predicted molar refractivity (Wildman–Crippen MR) is 118 cm³/mol. The van der Waals surface area contributed by atoms with Gasteiger partial charge < -0.3 is 15.6 Å². The topological polar surface area (TPSA) is 79.2 Å². The average molecular weight is 417 g/mol. The van der Waals surface area contributed by atoms with E-state index in [0.717, 1.165) is 35.2 Å². The highest BCUT2D eigenvalue weighted by molar-refractivity contribution is 6.09. The van der Waals surface area contributed by atoms with Gasteiger partial charge in [-0.2, -0.15) is 0 Å². The molecule has 2 aromatic carbocycles. The number of halogens is 1. The number of amides is 2. The zero-order chi connectivity index (χ0) is 21.9. The molecule has 1 unspecified atom stereocenters. The standard InChI is InChI=1S/C25H24FN3O2/c1-3-21(30)29-10-9-15-16(5-4-6-17(15)24(29)14-7-8-14)22-18-11-13(2)28-23(18)19(25(27)31)12-20(22)26/h3-6,11-12,14,24,28H,1,7-10H2,2H3,(H2,27,31). The number of rotatable bonds is 4. The normalized spacial score (nSPS) is 18.1. The molecule has 1 atom stereocenters. The van der Waals surface area contributed by atoms with E-state index < -0.39 is 11.7 Å². The van der Waals surface area contributed by atoms with Crippen LogP contribution in [-0.2, 0) is 11.2 Å². The van der Waals surface area contributed by atoms with Crippen LogP contribution in [0.15, 0.2) is 43.0 Å². The molecule has 3 N–H and O–H groups in total. The van der Waals surface area contributed by atoms with Crippen molar-refractivity contribution in [1.82, 2.24) is 9.88 Å². The summed E-state index contributed by atoms with van der Waals surface area (Å²) < 4.78 is 15.4. The lowest BCUT2D eigenvalue weighted by Gasteiger charge is -2.38. The summed E-state index contributed by atoms with van der Waals surface area (Å²) in [5.41, 5.74) is 10.5. The number of carbonyl (C=O) groups is 2. The molecular formula is C25H24FN3O2. The third kappa shape index (κ3) is 3.05. The van der Waals surface area contributed by atoms with Crippen molar-refractivity contribution in [1.29, 1.82) is 0 Å². The van der Waals surface area contributed by atoms with Crippen molar-refractivity contribution >= 4 is 22.7 Å². The number of nitrogens with zero attached hydrogens (tertiary/aromatic N) is 1. The number of nitrogens with one attached hydrogen (secondary N) is 1. The Bertz CT molecular complexity index is 1260. The van der Waals surface area contributed by atoms with Gasteiger partial charge in [-0.1, -0.05) is 24.8 Å². The number of benzene rings is 2. The summed E-state index contributed by atoms with van der Waals surface area (Å²) in [5, 5.41) is 0.646. The number of primary amides is 1. The molecule has 1 aliphatic heterocycles. The van der Waals surface area contributed by atoms with Gasteiger partial charge in [0.25, 0.3) is 5.91 Å². The van der Waals surface area contributed by atoms with E-state index in [-0.39, 0.29) is 17.5 Å². The Morgan fingerprint density at radius 1 is 1.29 bits per heavy atom. The number of carbonyl (C=O) groups excluding carboxylic acids is 2. The molecule has 1 aromatic heterocycles. The number of hydrogen-bond donors (Lipinski definition) is 2. The molecule has 0 radical (unpaired) electrons. The van der Waals surface area contributed by atoms with Crippen LogP contribution in [0.2, 0.25) is 0 Å². The van der Waals surface area contributed by atoms with E-state index in [1.807, 2.05) is 30.0 Å². The highest BCUT2D eigenvalue weighted by Gasteiger charge is 2.41. The molecule has 1 fully saturated rings. The van der Waals surface area contributed by atoms with Crippen LogP contribution in [0.25, 0.3) is 22.0 Å². The van der Waals surface area contributed by atoms with Crippen LogP contribution in [0.3, 0.4) is 0 Å². The number of H-pyrrole nitrogens is 1. The fraction of sp³-hybridized carbons (Fsp3) is 0.280. The summed E-state index contributed by atoms with van der Waals surface area (Å²) in [5.74, 6) is -0.774. The lowest BCUT2D eigenvalue weighted by Crippen LogP contribution is -2.40. The second-order valence-electron chi connectivity index (χ2n) is 8.53.